The maximum atomic E-state index is 14.1. The Morgan fingerprint density at radius 2 is 2.15 bits per heavy atom. The first kappa shape index (κ1) is 15.3. The van der Waals surface area contributed by atoms with E-state index < -0.39 is 0 Å². The fourth-order valence-electron chi connectivity index (χ4n) is 2.89. The largest absolute Gasteiger partial charge is 0.497 e. The highest BCUT2D eigenvalue weighted by Crippen LogP contribution is 2.37. The molecule has 2 rings (SSSR count). The SMILES string of the molecule is CCOC1CC(CC(NC)c2ccc(OC)cc2F)C1. The van der Waals surface area contributed by atoms with Crippen LogP contribution in [0.2, 0.25) is 0 Å². The first-order valence-corrected chi connectivity index (χ1v) is 7.30. The summed E-state index contributed by atoms with van der Waals surface area (Å²) in [6, 6.07) is 5.12. The van der Waals surface area contributed by atoms with Crippen LogP contribution in [0.25, 0.3) is 0 Å². The maximum absolute atomic E-state index is 14.1. The number of halogens is 1. The number of hydrogen-bond acceptors (Lipinski definition) is 3. The van der Waals surface area contributed by atoms with Crippen LogP contribution < -0.4 is 10.1 Å². The number of rotatable bonds is 7. The summed E-state index contributed by atoms with van der Waals surface area (Å²) in [6.07, 6.45) is 3.53. The molecule has 0 bridgehead atoms. The highest BCUT2D eigenvalue weighted by Gasteiger charge is 2.32. The Morgan fingerprint density at radius 1 is 1.40 bits per heavy atom. The molecular weight excluding hydrogens is 257 g/mol. The molecule has 1 aliphatic rings. The predicted molar refractivity (Wildman–Crippen MR) is 77.5 cm³/mol. The van der Waals surface area contributed by atoms with E-state index in [0.717, 1.165) is 25.9 Å². The van der Waals surface area contributed by atoms with Gasteiger partial charge in [-0.3, -0.25) is 0 Å². The van der Waals surface area contributed by atoms with Crippen LogP contribution in [0.15, 0.2) is 18.2 Å². The Bertz CT molecular complexity index is 432. The molecule has 0 aromatic heterocycles. The Morgan fingerprint density at radius 3 is 2.70 bits per heavy atom. The molecule has 0 spiro atoms. The summed E-state index contributed by atoms with van der Waals surface area (Å²) in [4.78, 5) is 0. The summed E-state index contributed by atoms with van der Waals surface area (Å²) in [5.74, 6) is 0.969. The topological polar surface area (TPSA) is 30.5 Å². The van der Waals surface area contributed by atoms with E-state index in [1.165, 1.54) is 6.07 Å². The van der Waals surface area contributed by atoms with Crippen molar-refractivity contribution in [2.24, 2.45) is 5.92 Å². The molecule has 3 nitrogen and oxygen atoms in total. The molecule has 112 valence electrons. The molecule has 0 radical (unpaired) electrons. The van der Waals surface area contributed by atoms with E-state index in [1.807, 2.05) is 26.1 Å². The van der Waals surface area contributed by atoms with Gasteiger partial charge in [-0.15, -0.1) is 0 Å². The van der Waals surface area contributed by atoms with Crippen LogP contribution in [0.1, 0.15) is 37.8 Å². The number of benzene rings is 1. The second kappa shape index (κ2) is 7.04. The van der Waals surface area contributed by atoms with Crippen molar-refractivity contribution in [3.05, 3.63) is 29.6 Å². The van der Waals surface area contributed by atoms with Gasteiger partial charge in [-0.25, -0.2) is 4.39 Å². The van der Waals surface area contributed by atoms with Crippen LogP contribution in [0.5, 0.6) is 5.75 Å². The molecule has 1 N–H and O–H groups in total. The van der Waals surface area contributed by atoms with Gasteiger partial charge in [0.2, 0.25) is 0 Å². The van der Waals surface area contributed by atoms with Gasteiger partial charge in [0.05, 0.1) is 13.2 Å². The zero-order chi connectivity index (χ0) is 14.5. The summed E-state index contributed by atoms with van der Waals surface area (Å²) in [5, 5.41) is 3.22. The Labute approximate surface area is 120 Å². The first-order chi connectivity index (χ1) is 9.67. The van der Waals surface area contributed by atoms with Crippen molar-refractivity contribution >= 4 is 0 Å². The van der Waals surface area contributed by atoms with E-state index in [2.05, 4.69) is 5.32 Å². The second-order valence-corrected chi connectivity index (χ2v) is 5.38. The summed E-state index contributed by atoms with van der Waals surface area (Å²) < 4.78 is 24.7. The molecule has 1 unspecified atom stereocenters. The molecule has 0 amide bonds. The molecule has 4 heteroatoms. The highest BCUT2D eigenvalue weighted by molar-refractivity contribution is 5.31. The molecule has 1 aliphatic carbocycles. The molecule has 1 saturated carbocycles. The van der Waals surface area contributed by atoms with Gasteiger partial charge >= 0.3 is 0 Å². The van der Waals surface area contributed by atoms with Crippen molar-refractivity contribution in [3.8, 4) is 5.75 Å². The monoisotopic (exact) mass is 281 g/mol. The second-order valence-electron chi connectivity index (χ2n) is 5.38. The van der Waals surface area contributed by atoms with Gasteiger partial charge in [0.1, 0.15) is 11.6 Å². The quantitative estimate of drug-likeness (QED) is 0.832. The maximum Gasteiger partial charge on any atom is 0.131 e. The van der Waals surface area contributed by atoms with Gasteiger partial charge in [-0.2, -0.15) is 0 Å². The minimum Gasteiger partial charge on any atom is -0.497 e. The Hall–Kier alpha value is -1.13. The van der Waals surface area contributed by atoms with E-state index in [9.17, 15) is 4.39 Å². The number of nitrogens with one attached hydrogen (secondary N) is 1. The molecule has 0 aliphatic heterocycles. The van der Waals surface area contributed by atoms with Crippen LogP contribution in [-0.2, 0) is 4.74 Å². The number of methoxy groups -OCH3 is 1. The lowest BCUT2D eigenvalue weighted by molar-refractivity contribution is -0.0290. The summed E-state index contributed by atoms with van der Waals surface area (Å²) in [6.45, 7) is 2.80. The molecule has 1 atom stereocenters. The van der Waals surface area contributed by atoms with Crippen LogP contribution in [0.4, 0.5) is 4.39 Å². The normalized spacial score (nSPS) is 23.2. The van der Waals surface area contributed by atoms with Gasteiger partial charge in [-0.05, 0) is 45.2 Å². The van der Waals surface area contributed by atoms with Crippen molar-refractivity contribution < 1.29 is 13.9 Å². The average molecular weight is 281 g/mol. The van der Waals surface area contributed by atoms with Crippen molar-refractivity contribution in [3.63, 3.8) is 0 Å². The predicted octanol–water partition coefficient (Wildman–Crippen LogP) is 3.30. The molecule has 1 fully saturated rings. The third-order valence-electron chi connectivity index (χ3n) is 4.10. The van der Waals surface area contributed by atoms with E-state index in [-0.39, 0.29) is 11.9 Å². The fourth-order valence-corrected chi connectivity index (χ4v) is 2.89. The third-order valence-corrected chi connectivity index (χ3v) is 4.10. The van der Waals surface area contributed by atoms with E-state index in [4.69, 9.17) is 9.47 Å². The average Bonchev–Trinajstić information content (AvgIpc) is 2.42. The first-order valence-electron chi connectivity index (χ1n) is 7.30. The minimum absolute atomic E-state index is 0.0495. The Kier molecular flexibility index (Phi) is 5.38. The number of ether oxygens (including phenoxy) is 2. The third kappa shape index (κ3) is 3.49. The van der Waals surface area contributed by atoms with E-state index in [0.29, 0.717) is 23.3 Å². The van der Waals surface area contributed by atoms with Crippen LogP contribution >= 0.6 is 0 Å². The standard InChI is InChI=1S/C16H24FNO2/c1-4-20-13-7-11(8-13)9-16(18-2)14-6-5-12(19-3)10-15(14)17/h5-6,10-11,13,16,18H,4,7-9H2,1-3H3. The summed E-state index contributed by atoms with van der Waals surface area (Å²) >= 11 is 0. The Balaban J connectivity index is 1.95. The molecule has 0 heterocycles. The zero-order valence-corrected chi connectivity index (χ0v) is 12.5. The van der Waals surface area contributed by atoms with Gasteiger partial charge in [0.25, 0.3) is 0 Å². The van der Waals surface area contributed by atoms with Gasteiger partial charge in [0.15, 0.2) is 0 Å². The molecule has 20 heavy (non-hydrogen) atoms. The van der Waals surface area contributed by atoms with Gasteiger partial charge in [-0.1, -0.05) is 6.07 Å². The van der Waals surface area contributed by atoms with E-state index in [1.54, 1.807) is 7.11 Å². The lowest BCUT2D eigenvalue weighted by Crippen LogP contribution is -2.34. The lowest BCUT2D eigenvalue weighted by atomic mass is 9.77. The van der Waals surface area contributed by atoms with Gasteiger partial charge < -0.3 is 14.8 Å². The van der Waals surface area contributed by atoms with Crippen molar-refractivity contribution in [1.29, 1.82) is 0 Å². The zero-order valence-electron chi connectivity index (χ0n) is 12.5. The van der Waals surface area contributed by atoms with Crippen molar-refractivity contribution in [2.45, 2.75) is 38.3 Å². The lowest BCUT2D eigenvalue weighted by Gasteiger charge is -2.37. The fraction of sp³-hybridized carbons (Fsp3) is 0.625. The van der Waals surface area contributed by atoms with Crippen LogP contribution in [-0.4, -0.2) is 26.9 Å². The van der Waals surface area contributed by atoms with Crippen LogP contribution in [0, 0.1) is 11.7 Å². The van der Waals surface area contributed by atoms with Crippen LogP contribution in [0.3, 0.4) is 0 Å². The number of hydrogen-bond donors (Lipinski definition) is 1. The molecule has 0 saturated heterocycles. The van der Waals surface area contributed by atoms with Crippen molar-refractivity contribution in [2.75, 3.05) is 20.8 Å². The molecule has 1 aromatic carbocycles. The van der Waals surface area contributed by atoms with E-state index >= 15 is 0 Å². The van der Waals surface area contributed by atoms with Gasteiger partial charge in [0, 0.05) is 24.3 Å². The highest BCUT2D eigenvalue weighted by atomic mass is 19.1. The smallest absolute Gasteiger partial charge is 0.131 e. The molecular formula is C16H24FNO2. The molecule has 1 aromatic rings. The summed E-state index contributed by atoms with van der Waals surface area (Å²) in [7, 11) is 3.43. The van der Waals surface area contributed by atoms with Crippen molar-refractivity contribution in [1.82, 2.24) is 5.32 Å². The minimum atomic E-state index is -0.204. The summed E-state index contributed by atoms with van der Waals surface area (Å²) in [5.41, 5.74) is 0.716.